The van der Waals surface area contributed by atoms with Crippen LogP contribution in [-0.4, -0.2) is 13.7 Å². The fraction of sp³-hybridized carbons (Fsp3) is 0.429. The molecule has 2 nitrogen and oxygen atoms in total. The first-order valence-electron chi connectivity index (χ1n) is 5.89. The maximum atomic E-state index is 5.65. The Morgan fingerprint density at radius 1 is 1.56 bits per heavy atom. The number of ether oxygens (including phenoxy) is 1. The van der Waals surface area contributed by atoms with Crippen LogP contribution in [0.5, 0.6) is 5.75 Å². The molecule has 2 rings (SSSR count). The summed E-state index contributed by atoms with van der Waals surface area (Å²) in [5.41, 5.74) is 2.86. The number of hydrogen-bond acceptors (Lipinski definition) is 2. The molecule has 2 heteroatoms. The Balaban J connectivity index is 2.06. The van der Waals surface area contributed by atoms with Crippen LogP contribution in [0.1, 0.15) is 30.0 Å². The van der Waals surface area contributed by atoms with Crippen LogP contribution in [0.3, 0.4) is 0 Å². The molecule has 0 spiro atoms. The van der Waals surface area contributed by atoms with E-state index in [4.69, 9.17) is 4.74 Å². The minimum absolute atomic E-state index is 0.525. The van der Waals surface area contributed by atoms with Gasteiger partial charge in [-0.25, -0.2) is 0 Å². The van der Waals surface area contributed by atoms with Gasteiger partial charge in [-0.1, -0.05) is 12.1 Å². The van der Waals surface area contributed by atoms with Gasteiger partial charge in [-0.15, -0.1) is 6.58 Å². The molecule has 0 aromatic heterocycles. The van der Waals surface area contributed by atoms with E-state index in [2.05, 4.69) is 30.1 Å². The second kappa shape index (κ2) is 5.17. The smallest absolute Gasteiger partial charge is 0.119 e. The summed E-state index contributed by atoms with van der Waals surface area (Å²) in [6.07, 6.45) is 5.13. The Bertz CT molecular complexity index is 373. The lowest BCUT2D eigenvalue weighted by Crippen LogP contribution is -2.12. The molecule has 1 unspecified atom stereocenters. The molecule has 0 aliphatic heterocycles. The van der Waals surface area contributed by atoms with Crippen molar-refractivity contribution in [1.82, 2.24) is 5.32 Å². The average molecular weight is 217 g/mol. The van der Waals surface area contributed by atoms with Crippen molar-refractivity contribution in [3.63, 3.8) is 0 Å². The summed E-state index contributed by atoms with van der Waals surface area (Å²) in [5.74, 6) is 0.984. The summed E-state index contributed by atoms with van der Waals surface area (Å²) >= 11 is 0. The maximum Gasteiger partial charge on any atom is 0.119 e. The largest absolute Gasteiger partial charge is 0.493 e. The van der Waals surface area contributed by atoms with Gasteiger partial charge >= 0.3 is 0 Å². The second-order valence-corrected chi connectivity index (χ2v) is 4.17. The second-order valence-electron chi connectivity index (χ2n) is 4.17. The first-order valence-corrected chi connectivity index (χ1v) is 5.89. The number of fused-ring (bicyclic) bond motifs is 1. The third-order valence-electron chi connectivity index (χ3n) is 3.13. The summed E-state index contributed by atoms with van der Waals surface area (Å²) < 4.78 is 5.65. The topological polar surface area (TPSA) is 21.3 Å². The molecular formula is C14H19NO. The van der Waals surface area contributed by atoms with Crippen molar-refractivity contribution in [2.75, 3.05) is 13.7 Å². The van der Waals surface area contributed by atoms with Gasteiger partial charge in [0, 0.05) is 6.04 Å². The van der Waals surface area contributed by atoms with Crippen molar-refractivity contribution in [1.29, 1.82) is 0 Å². The van der Waals surface area contributed by atoms with Gasteiger partial charge in [0.2, 0.25) is 0 Å². The number of benzene rings is 1. The zero-order chi connectivity index (χ0) is 11.4. The van der Waals surface area contributed by atoms with Crippen LogP contribution >= 0.6 is 0 Å². The Labute approximate surface area is 97.3 Å². The van der Waals surface area contributed by atoms with Crippen molar-refractivity contribution in [2.24, 2.45) is 0 Å². The monoisotopic (exact) mass is 217 g/mol. The molecule has 0 amide bonds. The summed E-state index contributed by atoms with van der Waals surface area (Å²) in [6.45, 7) is 4.40. The van der Waals surface area contributed by atoms with Crippen LogP contribution < -0.4 is 10.1 Å². The predicted octanol–water partition coefficient (Wildman–Crippen LogP) is 2.85. The molecule has 1 N–H and O–H groups in total. The SMILES string of the molecule is C=CCCOc1ccc2c(c1)CCC2NC. The normalized spacial score (nSPS) is 18.2. The van der Waals surface area contributed by atoms with E-state index in [1.54, 1.807) is 0 Å². The standard InChI is InChI=1S/C14H19NO/c1-3-4-9-16-12-6-7-13-11(10-12)5-8-14(13)15-2/h3,6-7,10,14-15H,1,4-5,8-9H2,2H3. The van der Waals surface area contributed by atoms with Gasteiger partial charge in [-0.05, 0) is 49.6 Å². The Morgan fingerprint density at radius 3 is 3.19 bits per heavy atom. The third kappa shape index (κ3) is 2.27. The molecule has 0 fully saturated rings. The third-order valence-corrected chi connectivity index (χ3v) is 3.13. The Morgan fingerprint density at radius 2 is 2.44 bits per heavy atom. The van der Waals surface area contributed by atoms with Gasteiger partial charge < -0.3 is 10.1 Å². The molecule has 0 radical (unpaired) electrons. The first kappa shape index (κ1) is 11.2. The van der Waals surface area contributed by atoms with Crippen molar-refractivity contribution >= 4 is 0 Å². The highest BCUT2D eigenvalue weighted by Gasteiger charge is 2.20. The number of nitrogens with one attached hydrogen (secondary N) is 1. The summed E-state index contributed by atoms with van der Waals surface area (Å²) in [6, 6.07) is 6.96. The summed E-state index contributed by atoms with van der Waals surface area (Å²) in [5, 5.41) is 3.34. The van der Waals surface area contributed by atoms with E-state index in [0.29, 0.717) is 6.04 Å². The molecule has 1 aromatic carbocycles. The van der Waals surface area contributed by atoms with E-state index in [1.165, 1.54) is 17.5 Å². The average Bonchev–Trinajstić information content (AvgIpc) is 2.71. The maximum absolute atomic E-state index is 5.65. The van der Waals surface area contributed by atoms with Gasteiger partial charge in [-0.2, -0.15) is 0 Å². The van der Waals surface area contributed by atoms with E-state index in [9.17, 15) is 0 Å². The molecule has 1 atom stereocenters. The van der Waals surface area contributed by atoms with E-state index in [-0.39, 0.29) is 0 Å². The highest BCUT2D eigenvalue weighted by molar-refractivity contribution is 5.40. The fourth-order valence-corrected chi connectivity index (χ4v) is 2.24. The van der Waals surface area contributed by atoms with Gasteiger partial charge in [0.25, 0.3) is 0 Å². The van der Waals surface area contributed by atoms with Crippen LogP contribution in [0.15, 0.2) is 30.9 Å². The van der Waals surface area contributed by atoms with Crippen molar-refractivity contribution < 1.29 is 4.74 Å². The Hall–Kier alpha value is -1.28. The van der Waals surface area contributed by atoms with Crippen LogP contribution in [0.2, 0.25) is 0 Å². The highest BCUT2D eigenvalue weighted by Crippen LogP contribution is 2.33. The van der Waals surface area contributed by atoms with Crippen LogP contribution in [0, 0.1) is 0 Å². The minimum atomic E-state index is 0.525. The zero-order valence-corrected chi connectivity index (χ0v) is 9.83. The van der Waals surface area contributed by atoms with Crippen LogP contribution in [0.4, 0.5) is 0 Å². The van der Waals surface area contributed by atoms with Crippen LogP contribution in [-0.2, 0) is 6.42 Å². The molecular weight excluding hydrogens is 198 g/mol. The van der Waals surface area contributed by atoms with E-state index >= 15 is 0 Å². The molecule has 1 aliphatic rings. The van der Waals surface area contributed by atoms with E-state index in [0.717, 1.165) is 25.2 Å². The number of rotatable bonds is 5. The van der Waals surface area contributed by atoms with Crippen molar-refractivity contribution in [3.05, 3.63) is 42.0 Å². The quantitative estimate of drug-likeness (QED) is 0.605. The first-order chi connectivity index (χ1) is 7.85. The van der Waals surface area contributed by atoms with Crippen LogP contribution in [0.25, 0.3) is 0 Å². The molecule has 0 bridgehead atoms. The molecule has 0 saturated carbocycles. The number of hydrogen-bond donors (Lipinski definition) is 1. The summed E-state index contributed by atoms with van der Waals surface area (Å²) in [7, 11) is 2.02. The lowest BCUT2D eigenvalue weighted by atomic mass is 10.1. The Kier molecular flexibility index (Phi) is 3.62. The molecule has 1 aliphatic carbocycles. The lowest BCUT2D eigenvalue weighted by Gasteiger charge is -2.11. The minimum Gasteiger partial charge on any atom is -0.493 e. The van der Waals surface area contributed by atoms with Crippen molar-refractivity contribution in [2.45, 2.75) is 25.3 Å². The van der Waals surface area contributed by atoms with E-state index in [1.807, 2.05) is 13.1 Å². The van der Waals surface area contributed by atoms with Gasteiger partial charge in [-0.3, -0.25) is 0 Å². The predicted molar refractivity (Wildman–Crippen MR) is 66.9 cm³/mol. The molecule has 0 saturated heterocycles. The fourth-order valence-electron chi connectivity index (χ4n) is 2.24. The lowest BCUT2D eigenvalue weighted by molar-refractivity contribution is 0.324. The molecule has 86 valence electrons. The number of aryl methyl sites for hydroxylation is 1. The zero-order valence-electron chi connectivity index (χ0n) is 9.83. The van der Waals surface area contributed by atoms with Gasteiger partial charge in [0.1, 0.15) is 5.75 Å². The van der Waals surface area contributed by atoms with E-state index < -0.39 is 0 Å². The van der Waals surface area contributed by atoms with Gasteiger partial charge in [0.15, 0.2) is 0 Å². The molecule has 1 aromatic rings. The molecule has 0 heterocycles. The van der Waals surface area contributed by atoms with Crippen molar-refractivity contribution in [3.8, 4) is 5.75 Å². The highest BCUT2D eigenvalue weighted by atomic mass is 16.5. The van der Waals surface area contributed by atoms with Gasteiger partial charge in [0.05, 0.1) is 6.61 Å². The molecule has 16 heavy (non-hydrogen) atoms. The summed E-state index contributed by atoms with van der Waals surface area (Å²) in [4.78, 5) is 0.